The van der Waals surface area contributed by atoms with Crippen molar-refractivity contribution < 1.29 is 17.2 Å². The van der Waals surface area contributed by atoms with Crippen molar-refractivity contribution >= 4 is 10.0 Å². The summed E-state index contributed by atoms with van der Waals surface area (Å²) >= 11 is 0. The molecule has 0 aliphatic rings. The zero-order valence-corrected chi connectivity index (χ0v) is 14.7. The average Bonchev–Trinajstić information content (AvgIpc) is 2.65. The van der Waals surface area contributed by atoms with E-state index in [2.05, 4.69) is 0 Å². The van der Waals surface area contributed by atoms with Gasteiger partial charge in [0.05, 0.1) is 4.90 Å². The van der Waals surface area contributed by atoms with E-state index in [1.165, 1.54) is 4.31 Å². The zero-order chi connectivity index (χ0) is 18.6. The third kappa shape index (κ3) is 4.15. The van der Waals surface area contributed by atoms with E-state index in [-0.39, 0.29) is 18.0 Å². The Hall–Kier alpha value is -2.57. The van der Waals surface area contributed by atoms with E-state index in [9.17, 15) is 17.2 Å². The van der Waals surface area contributed by atoms with Crippen LogP contribution in [0.4, 0.5) is 8.78 Å². The van der Waals surface area contributed by atoms with Gasteiger partial charge in [-0.1, -0.05) is 60.7 Å². The number of halogens is 2. The highest BCUT2D eigenvalue weighted by molar-refractivity contribution is 7.89. The summed E-state index contributed by atoms with van der Waals surface area (Å²) in [6.45, 7) is 0.244. The van der Waals surface area contributed by atoms with Gasteiger partial charge in [-0.25, -0.2) is 17.2 Å². The number of sulfonamides is 1. The standard InChI is InChI=1S/C20H17F2NO2S/c21-19-12-11-18(13-20(19)22)26(24,25)23(14-16-7-3-1-4-8-16)15-17-9-5-2-6-10-17/h1-13H,14-15H2. The Morgan fingerprint density at radius 3 is 1.65 bits per heavy atom. The van der Waals surface area contributed by atoms with Gasteiger partial charge in [0, 0.05) is 13.1 Å². The third-order valence-corrected chi connectivity index (χ3v) is 5.72. The highest BCUT2D eigenvalue weighted by atomic mass is 32.2. The molecule has 3 rings (SSSR count). The fourth-order valence-electron chi connectivity index (χ4n) is 2.59. The van der Waals surface area contributed by atoms with Crippen molar-refractivity contribution in [3.05, 3.63) is 102 Å². The molecule has 0 saturated heterocycles. The lowest BCUT2D eigenvalue weighted by Gasteiger charge is -2.22. The van der Waals surface area contributed by atoms with Crippen LogP contribution in [0.25, 0.3) is 0 Å². The first-order valence-corrected chi connectivity index (χ1v) is 9.44. The van der Waals surface area contributed by atoms with Gasteiger partial charge in [-0.15, -0.1) is 0 Å². The molecule has 0 spiro atoms. The van der Waals surface area contributed by atoms with Crippen molar-refractivity contribution in [3.8, 4) is 0 Å². The molecular formula is C20H17F2NO2S. The first kappa shape index (κ1) is 18.2. The van der Waals surface area contributed by atoms with E-state index in [0.717, 1.165) is 23.3 Å². The van der Waals surface area contributed by atoms with Crippen molar-refractivity contribution in [1.29, 1.82) is 0 Å². The Labute approximate surface area is 151 Å². The van der Waals surface area contributed by atoms with E-state index < -0.39 is 21.7 Å². The predicted molar refractivity (Wildman–Crippen MR) is 95.7 cm³/mol. The molecule has 0 aromatic heterocycles. The number of benzene rings is 3. The van der Waals surface area contributed by atoms with Gasteiger partial charge in [-0.3, -0.25) is 0 Å². The van der Waals surface area contributed by atoms with Crippen LogP contribution in [0.3, 0.4) is 0 Å². The Kier molecular flexibility index (Phi) is 5.44. The summed E-state index contributed by atoms with van der Waals surface area (Å²) in [6.07, 6.45) is 0. The van der Waals surface area contributed by atoms with Gasteiger partial charge in [0.1, 0.15) is 0 Å². The molecule has 3 aromatic rings. The van der Waals surface area contributed by atoms with Crippen LogP contribution in [0.1, 0.15) is 11.1 Å². The van der Waals surface area contributed by atoms with Gasteiger partial charge in [-0.05, 0) is 29.3 Å². The number of nitrogens with zero attached hydrogens (tertiary/aromatic N) is 1. The summed E-state index contributed by atoms with van der Waals surface area (Å²) in [5, 5.41) is 0. The van der Waals surface area contributed by atoms with E-state index in [0.29, 0.717) is 6.07 Å². The number of rotatable bonds is 6. The molecule has 26 heavy (non-hydrogen) atoms. The third-order valence-electron chi connectivity index (χ3n) is 3.93. The molecule has 0 heterocycles. The van der Waals surface area contributed by atoms with Crippen molar-refractivity contribution in [1.82, 2.24) is 4.31 Å². The van der Waals surface area contributed by atoms with E-state index >= 15 is 0 Å². The molecule has 0 fully saturated rings. The molecule has 3 nitrogen and oxygen atoms in total. The zero-order valence-electron chi connectivity index (χ0n) is 13.8. The molecule has 0 atom stereocenters. The topological polar surface area (TPSA) is 37.4 Å². The van der Waals surface area contributed by atoms with E-state index in [4.69, 9.17) is 0 Å². The lowest BCUT2D eigenvalue weighted by atomic mass is 10.2. The van der Waals surface area contributed by atoms with Gasteiger partial charge in [0.15, 0.2) is 11.6 Å². The average molecular weight is 373 g/mol. The molecular weight excluding hydrogens is 356 g/mol. The Balaban J connectivity index is 1.99. The summed E-state index contributed by atoms with van der Waals surface area (Å²) in [5.41, 5.74) is 1.60. The molecule has 0 saturated carbocycles. The van der Waals surface area contributed by atoms with Gasteiger partial charge < -0.3 is 0 Å². The van der Waals surface area contributed by atoms with Crippen LogP contribution in [0, 0.1) is 11.6 Å². The minimum atomic E-state index is -4.01. The molecule has 0 N–H and O–H groups in total. The van der Waals surface area contributed by atoms with Crippen LogP contribution >= 0.6 is 0 Å². The van der Waals surface area contributed by atoms with Gasteiger partial charge in [0.25, 0.3) is 0 Å². The van der Waals surface area contributed by atoms with Crippen molar-refractivity contribution in [2.24, 2.45) is 0 Å². The lowest BCUT2D eigenvalue weighted by molar-refractivity contribution is 0.400. The largest absolute Gasteiger partial charge is 0.243 e. The van der Waals surface area contributed by atoms with Crippen LogP contribution < -0.4 is 0 Å². The van der Waals surface area contributed by atoms with Crippen LogP contribution in [0.15, 0.2) is 83.8 Å². The highest BCUT2D eigenvalue weighted by Crippen LogP contribution is 2.22. The maximum Gasteiger partial charge on any atom is 0.243 e. The summed E-state index contributed by atoms with van der Waals surface area (Å²) in [5.74, 6) is -2.27. The quantitative estimate of drug-likeness (QED) is 0.644. The summed E-state index contributed by atoms with van der Waals surface area (Å²) in [7, 11) is -4.01. The van der Waals surface area contributed by atoms with E-state index in [1.807, 2.05) is 60.7 Å². The second-order valence-electron chi connectivity index (χ2n) is 5.82. The van der Waals surface area contributed by atoms with E-state index in [1.54, 1.807) is 0 Å². The van der Waals surface area contributed by atoms with Gasteiger partial charge in [-0.2, -0.15) is 4.31 Å². The molecule has 0 amide bonds. The van der Waals surface area contributed by atoms with Crippen LogP contribution in [0.2, 0.25) is 0 Å². The van der Waals surface area contributed by atoms with Crippen molar-refractivity contribution in [2.75, 3.05) is 0 Å². The fraction of sp³-hybridized carbons (Fsp3) is 0.100. The second kappa shape index (κ2) is 7.76. The molecule has 0 radical (unpaired) electrons. The molecule has 6 heteroatoms. The molecule has 0 unspecified atom stereocenters. The molecule has 0 bridgehead atoms. The highest BCUT2D eigenvalue weighted by Gasteiger charge is 2.26. The summed E-state index contributed by atoms with van der Waals surface area (Å²) in [4.78, 5) is -0.275. The van der Waals surface area contributed by atoms with Crippen molar-refractivity contribution in [3.63, 3.8) is 0 Å². The number of hydrogen-bond donors (Lipinski definition) is 0. The van der Waals surface area contributed by atoms with Crippen LogP contribution in [0.5, 0.6) is 0 Å². The Morgan fingerprint density at radius 2 is 1.19 bits per heavy atom. The van der Waals surface area contributed by atoms with Crippen molar-refractivity contribution in [2.45, 2.75) is 18.0 Å². The molecule has 134 valence electrons. The maximum atomic E-state index is 13.6. The predicted octanol–water partition coefficient (Wildman–Crippen LogP) is 4.36. The fourth-order valence-corrected chi connectivity index (χ4v) is 4.01. The Morgan fingerprint density at radius 1 is 0.692 bits per heavy atom. The summed E-state index contributed by atoms with van der Waals surface area (Å²) in [6, 6.07) is 20.9. The lowest BCUT2D eigenvalue weighted by Crippen LogP contribution is -2.30. The van der Waals surface area contributed by atoms with Crippen LogP contribution in [-0.2, 0) is 23.1 Å². The van der Waals surface area contributed by atoms with Gasteiger partial charge >= 0.3 is 0 Å². The SMILES string of the molecule is O=S(=O)(c1ccc(F)c(F)c1)N(Cc1ccccc1)Cc1ccccc1. The Bertz CT molecular complexity index is 936. The first-order chi connectivity index (χ1) is 12.5. The minimum absolute atomic E-state index is 0.122. The molecule has 0 aliphatic carbocycles. The van der Waals surface area contributed by atoms with Gasteiger partial charge in [0.2, 0.25) is 10.0 Å². The van der Waals surface area contributed by atoms with Crippen LogP contribution in [-0.4, -0.2) is 12.7 Å². The second-order valence-corrected chi connectivity index (χ2v) is 7.76. The molecule has 3 aromatic carbocycles. The normalized spacial score (nSPS) is 11.7. The number of hydrogen-bond acceptors (Lipinski definition) is 2. The smallest absolute Gasteiger partial charge is 0.207 e. The maximum absolute atomic E-state index is 13.6. The summed E-state index contributed by atoms with van der Waals surface area (Å²) < 4.78 is 54.1. The minimum Gasteiger partial charge on any atom is -0.207 e. The monoisotopic (exact) mass is 373 g/mol. The molecule has 0 aliphatic heterocycles. The first-order valence-electron chi connectivity index (χ1n) is 8.00.